The molecule has 114 valence electrons. The van der Waals surface area contributed by atoms with Crippen LogP contribution >= 0.6 is 0 Å². The van der Waals surface area contributed by atoms with Crippen LogP contribution in [0.25, 0.3) is 0 Å². The number of aryl methyl sites for hydroxylation is 1. The summed E-state index contributed by atoms with van der Waals surface area (Å²) in [5, 5.41) is 2.80. The Bertz CT molecular complexity index is 785. The SMILES string of the molecule is Cc1ccc(C(=O)Nc2ccc(Oc3cccnc3)nc2)cc1. The Morgan fingerprint density at radius 1 is 1.04 bits per heavy atom. The van der Waals surface area contributed by atoms with Gasteiger partial charge in [-0.15, -0.1) is 0 Å². The maximum absolute atomic E-state index is 12.1. The van der Waals surface area contributed by atoms with Gasteiger partial charge in [-0.2, -0.15) is 0 Å². The molecular weight excluding hydrogens is 290 g/mol. The third kappa shape index (κ3) is 3.91. The number of rotatable bonds is 4. The van der Waals surface area contributed by atoms with Gasteiger partial charge in [-0.1, -0.05) is 17.7 Å². The van der Waals surface area contributed by atoms with E-state index in [1.807, 2.05) is 19.1 Å². The van der Waals surface area contributed by atoms with Crippen LogP contribution < -0.4 is 10.1 Å². The van der Waals surface area contributed by atoms with Gasteiger partial charge in [0.15, 0.2) is 0 Å². The Morgan fingerprint density at radius 2 is 1.87 bits per heavy atom. The number of hydrogen-bond donors (Lipinski definition) is 1. The second-order valence-corrected chi connectivity index (χ2v) is 5.00. The lowest BCUT2D eigenvalue weighted by molar-refractivity contribution is 0.102. The summed E-state index contributed by atoms with van der Waals surface area (Å²) in [7, 11) is 0. The molecule has 0 radical (unpaired) electrons. The van der Waals surface area contributed by atoms with Gasteiger partial charge in [-0.3, -0.25) is 9.78 Å². The van der Waals surface area contributed by atoms with Gasteiger partial charge in [0.1, 0.15) is 5.75 Å². The summed E-state index contributed by atoms with van der Waals surface area (Å²) in [6, 6.07) is 14.4. The molecule has 23 heavy (non-hydrogen) atoms. The molecule has 0 spiro atoms. The van der Waals surface area contributed by atoms with Crippen molar-refractivity contribution in [3.05, 3.63) is 78.2 Å². The highest BCUT2D eigenvalue weighted by molar-refractivity contribution is 6.04. The zero-order valence-electron chi connectivity index (χ0n) is 12.6. The van der Waals surface area contributed by atoms with E-state index in [9.17, 15) is 4.79 Å². The summed E-state index contributed by atoms with van der Waals surface area (Å²) in [5.41, 5.74) is 2.32. The summed E-state index contributed by atoms with van der Waals surface area (Å²) in [4.78, 5) is 20.3. The van der Waals surface area contributed by atoms with E-state index >= 15 is 0 Å². The normalized spacial score (nSPS) is 10.1. The number of carbonyl (C=O) groups is 1. The maximum atomic E-state index is 12.1. The Hall–Kier alpha value is -3.21. The van der Waals surface area contributed by atoms with Gasteiger partial charge >= 0.3 is 0 Å². The van der Waals surface area contributed by atoms with Crippen LogP contribution in [0.4, 0.5) is 5.69 Å². The highest BCUT2D eigenvalue weighted by atomic mass is 16.5. The minimum Gasteiger partial charge on any atom is -0.437 e. The number of anilines is 1. The number of benzene rings is 1. The fraction of sp³-hybridized carbons (Fsp3) is 0.0556. The van der Waals surface area contributed by atoms with Crippen LogP contribution in [-0.4, -0.2) is 15.9 Å². The molecule has 5 nitrogen and oxygen atoms in total. The molecular formula is C18H15N3O2. The molecule has 0 fully saturated rings. The van der Waals surface area contributed by atoms with E-state index in [4.69, 9.17) is 4.74 Å². The molecule has 1 N–H and O–H groups in total. The molecule has 5 heteroatoms. The first-order valence-electron chi connectivity index (χ1n) is 7.13. The van der Waals surface area contributed by atoms with Crippen LogP contribution in [0.1, 0.15) is 15.9 Å². The molecule has 0 aliphatic heterocycles. The average Bonchev–Trinajstić information content (AvgIpc) is 2.58. The molecule has 1 aromatic carbocycles. The lowest BCUT2D eigenvalue weighted by atomic mass is 10.1. The molecule has 3 aromatic rings. The summed E-state index contributed by atoms with van der Waals surface area (Å²) in [6.07, 6.45) is 4.83. The molecule has 3 rings (SSSR count). The maximum Gasteiger partial charge on any atom is 0.255 e. The molecule has 0 saturated heterocycles. The molecule has 0 saturated carbocycles. The number of carbonyl (C=O) groups excluding carboxylic acids is 1. The Balaban J connectivity index is 1.65. The molecule has 2 heterocycles. The highest BCUT2D eigenvalue weighted by Crippen LogP contribution is 2.19. The number of pyridine rings is 2. The topological polar surface area (TPSA) is 64.1 Å². The second-order valence-electron chi connectivity index (χ2n) is 5.00. The van der Waals surface area contributed by atoms with Crippen molar-refractivity contribution in [1.82, 2.24) is 9.97 Å². The monoisotopic (exact) mass is 305 g/mol. The van der Waals surface area contributed by atoms with E-state index in [2.05, 4.69) is 15.3 Å². The molecule has 0 atom stereocenters. The van der Waals surface area contributed by atoms with Gasteiger partial charge in [0.25, 0.3) is 5.91 Å². The van der Waals surface area contributed by atoms with Gasteiger partial charge in [-0.05, 0) is 37.3 Å². The lowest BCUT2D eigenvalue weighted by Crippen LogP contribution is -2.11. The lowest BCUT2D eigenvalue weighted by Gasteiger charge is -2.07. The number of nitrogens with zero attached hydrogens (tertiary/aromatic N) is 2. The molecule has 0 aliphatic carbocycles. The molecule has 1 amide bonds. The highest BCUT2D eigenvalue weighted by Gasteiger charge is 2.06. The largest absolute Gasteiger partial charge is 0.437 e. The van der Waals surface area contributed by atoms with Crippen molar-refractivity contribution >= 4 is 11.6 Å². The van der Waals surface area contributed by atoms with Crippen LogP contribution in [0.15, 0.2) is 67.1 Å². The third-order valence-corrected chi connectivity index (χ3v) is 3.16. The predicted molar refractivity (Wildman–Crippen MR) is 87.7 cm³/mol. The standard InChI is InChI=1S/C18H15N3O2/c1-13-4-6-14(7-5-13)18(22)21-15-8-9-17(20-11-15)23-16-3-2-10-19-12-16/h2-12H,1H3,(H,21,22). The van der Waals surface area contributed by atoms with Gasteiger partial charge < -0.3 is 10.1 Å². The van der Waals surface area contributed by atoms with Crippen molar-refractivity contribution in [3.8, 4) is 11.6 Å². The number of hydrogen-bond acceptors (Lipinski definition) is 4. The summed E-state index contributed by atoms with van der Waals surface area (Å²) < 4.78 is 5.55. The third-order valence-electron chi connectivity index (χ3n) is 3.16. The number of nitrogens with one attached hydrogen (secondary N) is 1. The fourth-order valence-corrected chi connectivity index (χ4v) is 1.95. The average molecular weight is 305 g/mol. The zero-order chi connectivity index (χ0) is 16.1. The van der Waals surface area contributed by atoms with Crippen LogP contribution in [-0.2, 0) is 0 Å². The number of aromatic nitrogens is 2. The van der Waals surface area contributed by atoms with Crippen molar-refractivity contribution in [3.63, 3.8) is 0 Å². The number of amides is 1. The van der Waals surface area contributed by atoms with Gasteiger partial charge in [0.05, 0.1) is 18.1 Å². The first-order chi connectivity index (χ1) is 11.2. The first-order valence-corrected chi connectivity index (χ1v) is 7.13. The van der Waals surface area contributed by atoms with E-state index < -0.39 is 0 Å². The van der Waals surface area contributed by atoms with E-state index in [0.29, 0.717) is 22.9 Å². The van der Waals surface area contributed by atoms with Crippen LogP contribution in [0.2, 0.25) is 0 Å². The molecule has 0 bridgehead atoms. The van der Waals surface area contributed by atoms with E-state index in [1.165, 1.54) is 0 Å². The minimum atomic E-state index is -0.173. The van der Waals surface area contributed by atoms with Crippen LogP contribution in [0, 0.1) is 6.92 Å². The van der Waals surface area contributed by atoms with E-state index in [0.717, 1.165) is 5.56 Å². The van der Waals surface area contributed by atoms with Crippen molar-refractivity contribution in [2.45, 2.75) is 6.92 Å². The summed E-state index contributed by atoms with van der Waals surface area (Å²) in [6.45, 7) is 1.98. The smallest absolute Gasteiger partial charge is 0.255 e. The number of ether oxygens (including phenoxy) is 1. The Kier molecular flexibility index (Phi) is 4.29. The minimum absolute atomic E-state index is 0.173. The van der Waals surface area contributed by atoms with Gasteiger partial charge in [0, 0.05) is 17.8 Å². The van der Waals surface area contributed by atoms with E-state index in [-0.39, 0.29) is 5.91 Å². The Morgan fingerprint density at radius 3 is 2.52 bits per heavy atom. The van der Waals surface area contributed by atoms with Crippen molar-refractivity contribution in [2.24, 2.45) is 0 Å². The quantitative estimate of drug-likeness (QED) is 0.795. The van der Waals surface area contributed by atoms with E-state index in [1.54, 1.807) is 55.0 Å². The Labute approximate surface area is 134 Å². The van der Waals surface area contributed by atoms with Gasteiger partial charge in [-0.25, -0.2) is 4.98 Å². The summed E-state index contributed by atoms with van der Waals surface area (Å²) in [5.74, 6) is 0.871. The second kappa shape index (κ2) is 6.70. The van der Waals surface area contributed by atoms with Crippen molar-refractivity contribution in [2.75, 3.05) is 5.32 Å². The van der Waals surface area contributed by atoms with Crippen LogP contribution in [0.3, 0.4) is 0 Å². The predicted octanol–water partition coefficient (Wildman–Crippen LogP) is 3.83. The van der Waals surface area contributed by atoms with Crippen molar-refractivity contribution < 1.29 is 9.53 Å². The summed E-state index contributed by atoms with van der Waals surface area (Å²) >= 11 is 0. The first kappa shape index (κ1) is 14.7. The zero-order valence-corrected chi connectivity index (χ0v) is 12.6. The molecule has 0 unspecified atom stereocenters. The van der Waals surface area contributed by atoms with Crippen LogP contribution in [0.5, 0.6) is 11.6 Å². The molecule has 2 aromatic heterocycles. The fourth-order valence-electron chi connectivity index (χ4n) is 1.95. The molecule has 0 aliphatic rings. The van der Waals surface area contributed by atoms with Crippen molar-refractivity contribution in [1.29, 1.82) is 0 Å². The van der Waals surface area contributed by atoms with Gasteiger partial charge in [0.2, 0.25) is 5.88 Å².